The molecule has 0 radical (unpaired) electrons. The van der Waals surface area contributed by atoms with Crippen molar-refractivity contribution in [2.45, 2.75) is 32.2 Å². The van der Waals surface area contributed by atoms with Gasteiger partial charge in [-0.25, -0.2) is 4.98 Å². The lowest BCUT2D eigenvalue weighted by Gasteiger charge is -2.33. The first-order valence-corrected chi connectivity index (χ1v) is 6.14. The maximum Gasteiger partial charge on any atom is 0.509 e. The fraction of sp³-hybridized carbons (Fsp3) is 0.667. The molecule has 0 spiro atoms. The molecule has 0 saturated carbocycles. The molecule has 1 aliphatic heterocycles. The van der Waals surface area contributed by atoms with Crippen LogP contribution in [-0.4, -0.2) is 34.7 Å². The summed E-state index contributed by atoms with van der Waals surface area (Å²) in [6, 6.07) is 0.508. The van der Waals surface area contributed by atoms with Crippen molar-refractivity contribution in [2.24, 2.45) is 0 Å². The first-order valence-electron chi connectivity index (χ1n) is 5.26. The van der Waals surface area contributed by atoms with Crippen LogP contribution in [0.3, 0.4) is 0 Å². The SMILES string of the molecule is C[C@H]1CCCCN1c1nc(B(O)O)cs1. The number of nitrogens with zero attached hydrogens (tertiary/aromatic N) is 2. The molecule has 2 N–H and O–H groups in total. The Hall–Kier alpha value is -0.585. The normalized spacial score (nSPS) is 21.8. The van der Waals surface area contributed by atoms with Crippen LogP contribution < -0.4 is 10.5 Å². The molecule has 0 amide bonds. The van der Waals surface area contributed by atoms with E-state index >= 15 is 0 Å². The molecule has 0 aliphatic carbocycles. The summed E-state index contributed by atoms with van der Waals surface area (Å²) in [5.74, 6) is 0. The Kier molecular flexibility index (Phi) is 3.28. The van der Waals surface area contributed by atoms with Gasteiger partial charge in [-0.15, -0.1) is 11.3 Å². The summed E-state index contributed by atoms with van der Waals surface area (Å²) in [7, 11) is -1.45. The van der Waals surface area contributed by atoms with E-state index in [1.165, 1.54) is 30.6 Å². The van der Waals surface area contributed by atoms with Crippen molar-refractivity contribution in [1.29, 1.82) is 0 Å². The summed E-state index contributed by atoms with van der Waals surface area (Å²) in [6.45, 7) is 3.21. The molecule has 4 nitrogen and oxygen atoms in total. The molecular formula is C9H15BN2O2S. The second kappa shape index (κ2) is 4.51. The van der Waals surface area contributed by atoms with Crippen LogP contribution in [0.5, 0.6) is 0 Å². The fourth-order valence-corrected chi connectivity index (χ4v) is 2.87. The van der Waals surface area contributed by atoms with Gasteiger partial charge in [-0.3, -0.25) is 0 Å². The maximum absolute atomic E-state index is 8.98. The van der Waals surface area contributed by atoms with Gasteiger partial charge in [0.25, 0.3) is 0 Å². The van der Waals surface area contributed by atoms with Gasteiger partial charge in [0.05, 0.1) is 5.59 Å². The second-order valence-electron chi connectivity index (χ2n) is 3.97. The lowest BCUT2D eigenvalue weighted by molar-refractivity contribution is 0.424. The minimum atomic E-state index is -1.45. The molecule has 0 unspecified atom stereocenters. The molecule has 82 valence electrons. The number of rotatable bonds is 2. The molecule has 1 fully saturated rings. The second-order valence-corrected chi connectivity index (χ2v) is 4.80. The third-order valence-electron chi connectivity index (χ3n) is 2.82. The zero-order valence-corrected chi connectivity index (χ0v) is 9.57. The van der Waals surface area contributed by atoms with E-state index in [0.717, 1.165) is 11.7 Å². The zero-order chi connectivity index (χ0) is 10.8. The number of thiazole rings is 1. The van der Waals surface area contributed by atoms with E-state index < -0.39 is 7.12 Å². The molecule has 15 heavy (non-hydrogen) atoms. The molecule has 2 heterocycles. The topological polar surface area (TPSA) is 56.6 Å². The van der Waals surface area contributed by atoms with Crippen LogP contribution in [0.2, 0.25) is 0 Å². The van der Waals surface area contributed by atoms with E-state index in [0.29, 0.717) is 11.6 Å². The van der Waals surface area contributed by atoms with E-state index in [-0.39, 0.29) is 0 Å². The van der Waals surface area contributed by atoms with Gasteiger partial charge in [-0.05, 0) is 26.2 Å². The maximum atomic E-state index is 8.98. The van der Waals surface area contributed by atoms with Crippen LogP contribution in [0.25, 0.3) is 0 Å². The average molecular weight is 226 g/mol. The van der Waals surface area contributed by atoms with Crippen LogP contribution in [0.1, 0.15) is 26.2 Å². The van der Waals surface area contributed by atoms with Gasteiger partial charge in [0.2, 0.25) is 0 Å². The predicted octanol–water partition coefficient (Wildman–Crippen LogP) is 0.202. The summed E-state index contributed by atoms with van der Waals surface area (Å²) in [5.41, 5.74) is 0.354. The molecule has 2 rings (SSSR count). The van der Waals surface area contributed by atoms with Crippen molar-refractivity contribution < 1.29 is 10.0 Å². The third-order valence-corrected chi connectivity index (χ3v) is 3.72. The number of piperidine rings is 1. The Labute approximate surface area is 93.7 Å². The molecule has 0 aromatic carbocycles. The first kappa shape index (κ1) is 10.9. The van der Waals surface area contributed by atoms with Crippen molar-refractivity contribution >= 4 is 29.2 Å². The molecule has 6 heteroatoms. The van der Waals surface area contributed by atoms with Crippen molar-refractivity contribution in [1.82, 2.24) is 4.98 Å². The zero-order valence-electron chi connectivity index (χ0n) is 8.76. The van der Waals surface area contributed by atoms with Crippen molar-refractivity contribution in [2.75, 3.05) is 11.4 Å². The highest BCUT2D eigenvalue weighted by Gasteiger charge is 2.23. The fourth-order valence-electron chi connectivity index (χ4n) is 1.91. The van der Waals surface area contributed by atoms with E-state index in [2.05, 4.69) is 16.8 Å². The van der Waals surface area contributed by atoms with Gasteiger partial charge < -0.3 is 14.9 Å². The van der Waals surface area contributed by atoms with Gasteiger partial charge in [0.1, 0.15) is 0 Å². The monoisotopic (exact) mass is 226 g/mol. The van der Waals surface area contributed by atoms with Gasteiger partial charge in [0.15, 0.2) is 5.13 Å². The Balaban J connectivity index is 2.13. The largest absolute Gasteiger partial charge is 0.509 e. The highest BCUT2D eigenvalue weighted by atomic mass is 32.1. The van der Waals surface area contributed by atoms with Crippen molar-refractivity contribution in [3.63, 3.8) is 0 Å². The molecule has 1 aromatic rings. The highest BCUT2D eigenvalue weighted by Crippen LogP contribution is 2.25. The number of anilines is 1. The lowest BCUT2D eigenvalue weighted by atomic mass is 9.88. The van der Waals surface area contributed by atoms with E-state index in [4.69, 9.17) is 10.0 Å². The lowest BCUT2D eigenvalue weighted by Crippen LogP contribution is -2.38. The molecular weight excluding hydrogens is 211 g/mol. The van der Waals surface area contributed by atoms with Gasteiger partial charge in [-0.1, -0.05) is 0 Å². The highest BCUT2D eigenvalue weighted by molar-refractivity contribution is 7.14. The van der Waals surface area contributed by atoms with Crippen LogP contribution in [0.4, 0.5) is 5.13 Å². The van der Waals surface area contributed by atoms with Crippen molar-refractivity contribution in [3.05, 3.63) is 5.38 Å². The minimum absolute atomic E-state index is 0.354. The summed E-state index contributed by atoms with van der Waals surface area (Å²) in [6.07, 6.45) is 3.66. The molecule has 0 bridgehead atoms. The average Bonchev–Trinajstić information content (AvgIpc) is 2.67. The van der Waals surface area contributed by atoms with Gasteiger partial charge in [0, 0.05) is 18.0 Å². The molecule has 1 saturated heterocycles. The van der Waals surface area contributed by atoms with E-state index in [1.54, 1.807) is 5.38 Å². The first-order chi connectivity index (χ1) is 7.18. The Morgan fingerprint density at radius 3 is 2.93 bits per heavy atom. The molecule has 1 atom stereocenters. The Morgan fingerprint density at radius 1 is 1.53 bits per heavy atom. The van der Waals surface area contributed by atoms with Crippen LogP contribution >= 0.6 is 11.3 Å². The predicted molar refractivity (Wildman–Crippen MR) is 62.6 cm³/mol. The standard InChI is InChI=1S/C9H15BN2O2S/c1-7-4-2-3-5-12(7)9-11-8(6-15-9)10(13)14/h6-7,13-14H,2-5H2,1H3/t7-/m0/s1. The minimum Gasteiger partial charge on any atom is -0.422 e. The van der Waals surface area contributed by atoms with Crippen LogP contribution in [0.15, 0.2) is 5.38 Å². The Bertz CT molecular complexity index is 332. The quantitative estimate of drug-likeness (QED) is 0.707. The summed E-state index contributed by atoms with van der Waals surface area (Å²) in [4.78, 5) is 6.48. The third kappa shape index (κ3) is 2.33. The van der Waals surface area contributed by atoms with Crippen molar-refractivity contribution in [3.8, 4) is 0 Å². The summed E-state index contributed by atoms with van der Waals surface area (Å²) in [5, 5.41) is 20.6. The van der Waals surface area contributed by atoms with Gasteiger partial charge in [-0.2, -0.15) is 0 Å². The summed E-state index contributed by atoms with van der Waals surface area (Å²) < 4.78 is 0. The summed E-state index contributed by atoms with van der Waals surface area (Å²) >= 11 is 1.48. The van der Waals surface area contributed by atoms with Gasteiger partial charge >= 0.3 is 7.12 Å². The number of aromatic nitrogens is 1. The van der Waals surface area contributed by atoms with E-state index in [9.17, 15) is 0 Å². The van der Waals surface area contributed by atoms with Crippen LogP contribution in [-0.2, 0) is 0 Å². The smallest absolute Gasteiger partial charge is 0.422 e. The van der Waals surface area contributed by atoms with Crippen LogP contribution in [0, 0.1) is 0 Å². The molecule has 1 aliphatic rings. The molecule has 1 aromatic heterocycles. The number of hydrogen-bond acceptors (Lipinski definition) is 5. The number of hydrogen-bond donors (Lipinski definition) is 2. The Morgan fingerprint density at radius 2 is 2.33 bits per heavy atom. The van der Waals surface area contributed by atoms with E-state index in [1.807, 2.05) is 0 Å².